The number of alkyl halides is 2. The first-order chi connectivity index (χ1) is 10.1. The zero-order chi connectivity index (χ0) is 15.0. The SMILES string of the molecule is FC(F)Oc1ccccc1-c1c(Cl)cc2[nH][c]nc2c1Cl. The van der Waals surface area contributed by atoms with Gasteiger partial charge < -0.3 is 9.72 Å². The number of aromatic nitrogens is 2. The lowest BCUT2D eigenvalue weighted by molar-refractivity contribution is -0.0494. The maximum Gasteiger partial charge on any atom is 0.387 e. The normalized spacial score (nSPS) is 11.3. The zero-order valence-electron chi connectivity index (χ0n) is 10.3. The smallest absolute Gasteiger partial charge is 0.387 e. The number of H-pyrrole nitrogens is 1. The number of halogens is 4. The molecule has 3 rings (SSSR count). The maximum atomic E-state index is 12.5. The number of benzene rings is 2. The summed E-state index contributed by atoms with van der Waals surface area (Å²) in [5, 5.41) is 0.552. The molecule has 0 unspecified atom stereocenters. The standard InChI is InChI=1S/C14H7Cl2F2N2O/c15-8-5-9-13(20-6-19-9)12(16)11(8)7-3-1-2-4-10(7)21-14(17)18/h1-5,14H,(H,19,20). The van der Waals surface area contributed by atoms with Crippen LogP contribution in [-0.4, -0.2) is 16.6 Å². The quantitative estimate of drug-likeness (QED) is 0.740. The highest BCUT2D eigenvalue weighted by Gasteiger charge is 2.19. The van der Waals surface area contributed by atoms with Crippen LogP contribution in [0.1, 0.15) is 0 Å². The predicted molar refractivity (Wildman–Crippen MR) is 77.0 cm³/mol. The van der Waals surface area contributed by atoms with Gasteiger partial charge in [0.1, 0.15) is 11.3 Å². The van der Waals surface area contributed by atoms with Crippen molar-refractivity contribution < 1.29 is 13.5 Å². The van der Waals surface area contributed by atoms with Crippen molar-refractivity contribution in [2.24, 2.45) is 0 Å². The van der Waals surface area contributed by atoms with E-state index in [0.29, 0.717) is 27.2 Å². The Bertz CT molecular complexity index is 805. The van der Waals surface area contributed by atoms with Gasteiger partial charge in [-0.25, -0.2) is 4.98 Å². The van der Waals surface area contributed by atoms with E-state index < -0.39 is 6.61 Å². The molecule has 1 heterocycles. The topological polar surface area (TPSA) is 37.9 Å². The summed E-state index contributed by atoms with van der Waals surface area (Å²) in [5.41, 5.74) is 1.84. The van der Waals surface area contributed by atoms with Crippen molar-refractivity contribution in [3.05, 3.63) is 46.7 Å². The van der Waals surface area contributed by atoms with Gasteiger partial charge >= 0.3 is 6.61 Å². The number of fused-ring (bicyclic) bond motifs is 1. The molecule has 0 aliphatic carbocycles. The summed E-state index contributed by atoms with van der Waals surface area (Å²) < 4.78 is 29.5. The van der Waals surface area contributed by atoms with Crippen LogP contribution in [0.5, 0.6) is 5.75 Å². The Balaban J connectivity index is 2.25. The molecule has 0 aliphatic heterocycles. The van der Waals surface area contributed by atoms with E-state index >= 15 is 0 Å². The van der Waals surface area contributed by atoms with Crippen molar-refractivity contribution in [3.63, 3.8) is 0 Å². The lowest BCUT2D eigenvalue weighted by Crippen LogP contribution is -2.03. The number of imidazole rings is 1. The molecule has 107 valence electrons. The number of rotatable bonds is 3. The molecular weight excluding hydrogens is 321 g/mol. The van der Waals surface area contributed by atoms with Crippen molar-refractivity contribution in [2.45, 2.75) is 6.61 Å². The predicted octanol–water partition coefficient (Wildman–Crippen LogP) is 4.94. The average molecular weight is 328 g/mol. The van der Waals surface area contributed by atoms with E-state index in [1.807, 2.05) is 0 Å². The van der Waals surface area contributed by atoms with Crippen molar-refractivity contribution in [3.8, 4) is 16.9 Å². The number of nitrogens with zero attached hydrogens (tertiary/aromatic N) is 1. The Morgan fingerprint density at radius 1 is 1.24 bits per heavy atom. The molecule has 0 amide bonds. The van der Waals surface area contributed by atoms with Gasteiger partial charge in [0.25, 0.3) is 0 Å². The fraction of sp³-hybridized carbons (Fsp3) is 0.0714. The first-order valence-electron chi connectivity index (χ1n) is 5.86. The molecule has 0 spiro atoms. The Hall–Kier alpha value is -1.85. The molecule has 1 N–H and O–H groups in total. The largest absolute Gasteiger partial charge is 0.434 e. The minimum Gasteiger partial charge on any atom is -0.434 e. The van der Waals surface area contributed by atoms with Crippen molar-refractivity contribution in [1.82, 2.24) is 9.97 Å². The molecule has 7 heteroatoms. The molecule has 0 saturated carbocycles. The number of para-hydroxylation sites is 1. The molecule has 0 aliphatic rings. The first-order valence-corrected chi connectivity index (χ1v) is 6.61. The van der Waals surface area contributed by atoms with E-state index in [1.165, 1.54) is 6.07 Å². The van der Waals surface area contributed by atoms with Gasteiger partial charge in [0.05, 0.1) is 15.6 Å². The van der Waals surface area contributed by atoms with Crippen LogP contribution in [0.4, 0.5) is 8.78 Å². The van der Waals surface area contributed by atoms with Gasteiger partial charge in [-0.15, -0.1) is 0 Å². The molecule has 0 atom stereocenters. The van der Waals surface area contributed by atoms with Crippen LogP contribution in [-0.2, 0) is 0 Å². The van der Waals surface area contributed by atoms with Crippen LogP contribution < -0.4 is 4.74 Å². The second-order valence-electron chi connectivity index (χ2n) is 4.17. The first kappa shape index (κ1) is 14.1. The summed E-state index contributed by atoms with van der Waals surface area (Å²) in [6.07, 6.45) is 2.56. The maximum absolute atomic E-state index is 12.5. The molecule has 2 aromatic carbocycles. The highest BCUT2D eigenvalue weighted by Crippen LogP contribution is 2.42. The molecule has 0 saturated heterocycles. The number of nitrogens with one attached hydrogen (secondary N) is 1. The molecule has 21 heavy (non-hydrogen) atoms. The van der Waals surface area contributed by atoms with Gasteiger partial charge in [0.15, 0.2) is 6.33 Å². The zero-order valence-corrected chi connectivity index (χ0v) is 11.8. The Labute approximate surface area is 128 Å². The second-order valence-corrected chi connectivity index (χ2v) is 4.95. The Kier molecular flexibility index (Phi) is 3.69. The van der Waals surface area contributed by atoms with Crippen LogP contribution in [0.25, 0.3) is 22.2 Å². The third-order valence-corrected chi connectivity index (χ3v) is 3.59. The van der Waals surface area contributed by atoms with E-state index in [-0.39, 0.29) is 10.8 Å². The summed E-state index contributed by atoms with van der Waals surface area (Å²) in [4.78, 5) is 6.75. The summed E-state index contributed by atoms with van der Waals surface area (Å²) in [7, 11) is 0. The third-order valence-electron chi connectivity index (χ3n) is 2.92. The average Bonchev–Trinajstić information content (AvgIpc) is 2.88. The van der Waals surface area contributed by atoms with Crippen molar-refractivity contribution in [2.75, 3.05) is 0 Å². The molecule has 3 aromatic rings. The summed E-state index contributed by atoms with van der Waals surface area (Å²) in [5.74, 6) is -0.00448. The Morgan fingerprint density at radius 3 is 2.76 bits per heavy atom. The monoisotopic (exact) mass is 327 g/mol. The van der Waals surface area contributed by atoms with Crippen LogP contribution >= 0.6 is 23.2 Å². The molecule has 0 bridgehead atoms. The van der Waals surface area contributed by atoms with Crippen molar-refractivity contribution >= 4 is 34.2 Å². The highest BCUT2D eigenvalue weighted by molar-refractivity contribution is 6.42. The van der Waals surface area contributed by atoms with E-state index in [1.54, 1.807) is 24.3 Å². The third kappa shape index (κ3) is 2.54. The van der Waals surface area contributed by atoms with Crippen LogP contribution in [0.15, 0.2) is 30.3 Å². The molecular formula is C14H7Cl2F2N2O. The van der Waals surface area contributed by atoms with Gasteiger partial charge in [-0.05, 0) is 12.1 Å². The number of aromatic amines is 1. The fourth-order valence-electron chi connectivity index (χ4n) is 2.08. The minimum absolute atomic E-state index is 0.00448. The van der Waals surface area contributed by atoms with Gasteiger partial charge in [0.2, 0.25) is 0 Å². The van der Waals surface area contributed by atoms with E-state index in [2.05, 4.69) is 21.0 Å². The van der Waals surface area contributed by atoms with E-state index in [9.17, 15) is 8.78 Å². The van der Waals surface area contributed by atoms with E-state index in [4.69, 9.17) is 23.2 Å². The van der Waals surface area contributed by atoms with Crippen LogP contribution in [0.2, 0.25) is 10.0 Å². The number of hydrogen-bond acceptors (Lipinski definition) is 2. The summed E-state index contributed by atoms with van der Waals surface area (Å²) >= 11 is 12.5. The van der Waals surface area contributed by atoms with E-state index in [0.717, 1.165) is 0 Å². The molecule has 1 radical (unpaired) electrons. The lowest BCUT2D eigenvalue weighted by Gasteiger charge is -2.13. The lowest BCUT2D eigenvalue weighted by atomic mass is 10.0. The summed E-state index contributed by atoms with van der Waals surface area (Å²) in [6.45, 7) is -2.94. The fourth-order valence-corrected chi connectivity index (χ4v) is 2.78. The number of ether oxygens (including phenoxy) is 1. The van der Waals surface area contributed by atoms with Crippen LogP contribution in [0.3, 0.4) is 0 Å². The molecule has 3 nitrogen and oxygen atoms in total. The second kappa shape index (κ2) is 5.50. The Morgan fingerprint density at radius 2 is 2.00 bits per heavy atom. The van der Waals surface area contributed by atoms with Gasteiger partial charge in [0, 0.05) is 11.1 Å². The molecule has 1 aromatic heterocycles. The van der Waals surface area contributed by atoms with Crippen molar-refractivity contribution in [1.29, 1.82) is 0 Å². The number of hydrogen-bond donors (Lipinski definition) is 1. The van der Waals surface area contributed by atoms with Gasteiger partial charge in [-0.3, -0.25) is 0 Å². The summed E-state index contributed by atoms with van der Waals surface area (Å²) in [6, 6.07) is 7.91. The van der Waals surface area contributed by atoms with Gasteiger partial charge in [-0.1, -0.05) is 41.4 Å². The highest BCUT2D eigenvalue weighted by atomic mass is 35.5. The minimum atomic E-state index is -2.94. The molecule has 0 fully saturated rings. The van der Waals surface area contributed by atoms with Crippen LogP contribution in [0, 0.1) is 6.33 Å². The van der Waals surface area contributed by atoms with Gasteiger partial charge in [-0.2, -0.15) is 8.78 Å².